The molecule has 23 heavy (non-hydrogen) atoms. The minimum absolute atomic E-state index is 0.192. The van der Waals surface area contributed by atoms with Gasteiger partial charge in [-0.25, -0.2) is 0 Å². The molecule has 0 unspecified atom stereocenters. The summed E-state index contributed by atoms with van der Waals surface area (Å²) in [6.07, 6.45) is 18.9. The summed E-state index contributed by atoms with van der Waals surface area (Å²) in [7, 11) is 0. The van der Waals surface area contributed by atoms with Crippen molar-refractivity contribution in [2.45, 2.75) is 104 Å². The molecule has 0 radical (unpaired) electrons. The molecule has 0 atom stereocenters. The molecule has 2 nitrogen and oxygen atoms in total. The first kappa shape index (κ1) is 22.8. The molecule has 3 heteroatoms. The van der Waals surface area contributed by atoms with Crippen LogP contribution in [-0.2, 0) is 9.53 Å². The number of carbonyl (C=O) groups is 1. The summed E-state index contributed by atoms with van der Waals surface area (Å²) in [6.45, 7) is 5.20. The largest absolute Gasteiger partial charge is 0.465 e. The normalized spacial score (nSPS) is 11.1. The van der Waals surface area contributed by atoms with Crippen LogP contribution in [0.5, 0.6) is 0 Å². The van der Waals surface area contributed by atoms with Gasteiger partial charge in [0, 0.05) is 0 Å². The third-order valence-corrected chi connectivity index (χ3v) is 4.58. The van der Waals surface area contributed by atoms with Gasteiger partial charge in [-0.2, -0.15) is 12.6 Å². The van der Waals surface area contributed by atoms with E-state index in [4.69, 9.17) is 4.74 Å². The lowest BCUT2D eigenvalue weighted by atomic mass is 10.0. The Labute approximate surface area is 150 Å². The second kappa shape index (κ2) is 18.2. The van der Waals surface area contributed by atoms with Crippen LogP contribution in [0.2, 0.25) is 0 Å². The molecule has 0 bridgehead atoms. The van der Waals surface area contributed by atoms with Gasteiger partial charge >= 0.3 is 5.97 Å². The van der Waals surface area contributed by atoms with Crippen molar-refractivity contribution in [1.29, 1.82) is 0 Å². The monoisotopic (exact) mass is 344 g/mol. The minimum atomic E-state index is -0.201. The van der Waals surface area contributed by atoms with Crippen molar-refractivity contribution in [2.75, 3.05) is 12.4 Å². The van der Waals surface area contributed by atoms with Crippen molar-refractivity contribution in [3.63, 3.8) is 0 Å². The minimum Gasteiger partial charge on any atom is -0.465 e. The van der Waals surface area contributed by atoms with E-state index in [0.29, 0.717) is 6.61 Å². The third kappa shape index (κ3) is 19.8. The maximum absolute atomic E-state index is 10.9. The molecule has 0 aromatic rings. The van der Waals surface area contributed by atoms with Crippen LogP contribution in [0.1, 0.15) is 104 Å². The highest BCUT2D eigenvalue weighted by atomic mass is 32.1. The van der Waals surface area contributed by atoms with Crippen molar-refractivity contribution in [3.8, 4) is 0 Å². The van der Waals surface area contributed by atoms with Crippen molar-refractivity contribution in [2.24, 2.45) is 5.92 Å². The number of hydrogen-bond donors (Lipinski definition) is 1. The summed E-state index contributed by atoms with van der Waals surface area (Å²) in [5.74, 6) is 0.865. The Morgan fingerprint density at radius 1 is 0.739 bits per heavy atom. The highest BCUT2D eigenvalue weighted by Gasteiger charge is 1.98. The van der Waals surface area contributed by atoms with E-state index in [2.05, 4.69) is 26.5 Å². The third-order valence-electron chi connectivity index (χ3n) is 4.32. The molecule has 0 aliphatic rings. The fourth-order valence-corrected chi connectivity index (χ4v) is 2.92. The molecule has 0 saturated heterocycles. The van der Waals surface area contributed by atoms with E-state index in [0.717, 1.165) is 12.3 Å². The zero-order valence-corrected chi connectivity index (χ0v) is 16.5. The first-order valence-electron chi connectivity index (χ1n) is 9.93. The Morgan fingerprint density at radius 3 is 1.52 bits per heavy atom. The zero-order chi connectivity index (χ0) is 17.2. The fraction of sp³-hybridized carbons (Fsp3) is 0.950. The van der Waals surface area contributed by atoms with Gasteiger partial charge < -0.3 is 4.74 Å². The van der Waals surface area contributed by atoms with Crippen LogP contribution >= 0.6 is 12.6 Å². The number of carbonyl (C=O) groups excluding carboxylic acids is 1. The molecule has 0 amide bonds. The fourth-order valence-electron chi connectivity index (χ4n) is 2.83. The zero-order valence-electron chi connectivity index (χ0n) is 15.7. The second-order valence-electron chi connectivity index (χ2n) is 7.16. The predicted molar refractivity (Wildman–Crippen MR) is 104 cm³/mol. The number of thiol groups is 1. The molecule has 0 fully saturated rings. The Hall–Kier alpha value is -0.180. The number of ether oxygens (including phenoxy) is 1. The molecule has 138 valence electrons. The van der Waals surface area contributed by atoms with Crippen LogP contribution in [0.4, 0.5) is 0 Å². The van der Waals surface area contributed by atoms with Gasteiger partial charge in [-0.1, -0.05) is 97.3 Å². The molecule has 0 aliphatic heterocycles. The summed E-state index contributed by atoms with van der Waals surface area (Å²) < 4.78 is 4.99. The quantitative estimate of drug-likeness (QED) is 0.183. The van der Waals surface area contributed by atoms with Crippen LogP contribution in [-0.4, -0.2) is 18.3 Å². The Kier molecular flexibility index (Phi) is 18.0. The topological polar surface area (TPSA) is 26.3 Å². The summed E-state index contributed by atoms with van der Waals surface area (Å²) >= 11 is 3.88. The molecular formula is C20H40O2S. The summed E-state index contributed by atoms with van der Waals surface area (Å²) in [4.78, 5) is 10.9. The van der Waals surface area contributed by atoms with E-state index < -0.39 is 0 Å². The van der Waals surface area contributed by atoms with E-state index in [9.17, 15) is 4.79 Å². The summed E-state index contributed by atoms with van der Waals surface area (Å²) in [5.41, 5.74) is 0. The Morgan fingerprint density at radius 2 is 1.13 bits per heavy atom. The number of esters is 1. The van der Waals surface area contributed by atoms with Crippen molar-refractivity contribution in [3.05, 3.63) is 0 Å². The SMILES string of the molecule is CC(C)CCCCCCCCCCCCCCCOC(=O)CS. The van der Waals surface area contributed by atoms with Crippen molar-refractivity contribution in [1.82, 2.24) is 0 Å². The first-order chi connectivity index (χ1) is 11.2. The standard InChI is InChI=1S/C20H40O2S/c1-19(2)16-14-12-10-8-6-4-3-5-7-9-11-13-15-17-22-20(21)18-23/h19,23H,3-18H2,1-2H3. The van der Waals surface area contributed by atoms with Crippen LogP contribution < -0.4 is 0 Å². The summed E-state index contributed by atoms with van der Waals surface area (Å²) in [5, 5.41) is 0. The lowest BCUT2D eigenvalue weighted by Crippen LogP contribution is -2.06. The van der Waals surface area contributed by atoms with Crippen molar-refractivity contribution < 1.29 is 9.53 Å². The van der Waals surface area contributed by atoms with Gasteiger partial charge in [-0.15, -0.1) is 0 Å². The summed E-state index contributed by atoms with van der Waals surface area (Å²) in [6, 6.07) is 0. The maximum Gasteiger partial charge on any atom is 0.315 e. The molecular weight excluding hydrogens is 304 g/mol. The first-order valence-corrected chi connectivity index (χ1v) is 10.6. The van der Waals surface area contributed by atoms with Gasteiger partial charge in [-0.05, 0) is 12.3 Å². The smallest absolute Gasteiger partial charge is 0.315 e. The van der Waals surface area contributed by atoms with Gasteiger partial charge in [0.1, 0.15) is 0 Å². The maximum atomic E-state index is 10.9. The highest BCUT2D eigenvalue weighted by Crippen LogP contribution is 2.14. The molecule has 0 aliphatic carbocycles. The van der Waals surface area contributed by atoms with E-state index in [1.807, 2.05) is 0 Å². The molecule has 0 saturated carbocycles. The molecule has 0 heterocycles. The van der Waals surface area contributed by atoms with Crippen LogP contribution in [0, 0.1) is 5.92 Å². The molecule has 0 aromatic carbocycles. The van der Waals surface area contributed by atoms with Gasteiger partial charge in [0.05, 0.1) is 12.4 Å². The Bertz CT molecular complexity index is 254. The van der Waals surface area contributed by atoms with Gasteiger partial charge in [0.15, 0.2) is 0 Å². The van der Waals surface area contributed by atoms with Gasteiger partial charge in [-0.3, -0.25) is 4.79 Å². The number of unbranched alkanes of at least 4 members (excludes halogenated alkanes) is 12. The van der Waals surface area contributed by atoms with Crippen LogP contribution in [0.25, 0.3) is 0 Å². The van der Waals surface area contributed by atoms with Gasteiger partial charge in [0.2, 0.25) is 0 Å². The highest BCUT2D eigenvalue weighted by molar-refractivity contribution is 7.81. The predicted octanol–water partition coefficient (Wildman–Crippen LogP) is 6.58. The molecule has 0 rings (SSSR count). The lowest BCUT2D eigenvalue weighted by Gasteiger charge is -2.05. The molecule has 0 aromatic heterocycles. The van der Waals surface area contributed by atoms with Crippen LogP contribution in [0.15, 0.2) is 0 Å². The van der Waals surface area contributed by atoms with E-state index in [1.54, 1.807) is 0 Å². The van der Waals surface area contributed by atoms with E-state index >= 15 is 0 Å². The average molecular weight is 345 g/mol. The number of rotatable bonds is 17. The van der Waals surface area contributed by atoms with Crippen LogP contribution in [0.3, 0.4) is 0 Å². The molecule has 0 spiro atoms. The number of hydrogen-bond acceptors (Lipinski definition) is 3. The van der Waals surface area contributed by atoms with E-state index in [1.165, 1.54) is 83.5 Å². The van der Waals surface area contributed by atoms with E-state index in [-0.39, 0.29) is 11.7 Å². The second-order valence-corrected chi connectivity index (χ2v) is 7.47. The van der Waals surface area contributed by atoms with Gasteiger partial charge in [0.25, 0.3) is 0 Å². The lowest BCUT2D eigenvalue weighted by molar-refractivity contribution is -0.140. The van der Waals surface area contributed by atoms with Crippen molar-refractivity contribution >= 4 is 18.6 Å². The molecule has 0 N–H and O–H groups in total. The average Bonchev–Trinajstić information content (AvgIpc) is 2.53. The Balaban J connectivity index is 3.01.